The van der Waals surface area contributed by atoms with Crippen LogP contribution in [0.2, 0.25) is 0 Å². The second kappa shape index (κ2) is 5.30. The lowest BCUT2D eigenvalue weighted by Gasteiger charge is -2.20. The van der Waals surface area contributed by atoms with Crippen molar-refractivity contribution in [1.29, 1.82) is 5.26 Å². The molecule has 3 rings (SSSR count). The molecular weight excluding hydrogens is 280 g/mol. The van der Waals surface area contributed by atoms with Crippen LogP contribution in [0.15, 0.2) is 6.20 Å². The standard InChI is InChI=1S/C15H18N6O/c1-8(2)14-19-11-4-3-9(5-12(11)20-14)15(22)21-13(17)10(6-16)7-18-21/h7-9H,3-5,17H2,1-2H3,(H,19,20)/t9-/m1/s1. The largest absolute Gasteiger partial charge is 0.382 e. The first-order valence-electron chi connectivity index (χ1n) is 7.36. The van der Waals surface area contributed by atoms with Crippen LogP contribution in [-0.4, -0.2) is 25.7 Å². The van der Waals surface area contributed by atoms with Crippen molar-refractivity contribution in [2.45, 2.75) is 39.0 Å². The molecule has 3 N–H and O–H groups in total. The molecule has 0 amide bonds. The molecule has 1 aliphatic rings. The predicted octanol–water partition coefficient (Wildman–Crippen LogP) is 1.63. The Balaban J connectivity index is 1.83. The van der Waals surface area contributed by atoms with Gasteiger partial charge in [-0.2, -0.15) is 15.0 Å². The number of carbonyl (C=O) groups excluding carboxylic acids is 1. The van der Waals surface area contributed by atoms with E-state index in [-0.39, 0.29) is 23.2 Å². The highest BCUT2D eigenvalue weighted by Crippen LogP contribution is 2.27. The molecule has 2 aromatic heterocycles. The highest BCUT2D eigenvalue weighted by molar-refractivity contribution is 5.84. The Morgan fingerprint density at radius 2 is 2.36 bits per heavy atom. The normalized spacial score (nSPS) is 17.3. The Morgan fingerprint density at radius 1 is 1.59 bits per heavy atom. The second-order valence-electron chi connectivity index (χ2n) is 5.95. The number of hydrogen-bond acceptors (Lipinski definition) is 5. The van der Waals surface area contributed by atoms with Gasteiger partial charge in [-0.3, -0.25) is 4.79 Å². The number of aromatic amines is 1. The molecule has 2 heterocycles. The molecule has 0 radical (unpaired) electrons. The summed E-state index contributed by atoms with van der Waals surface area (Å²) in [6, 6.07) is 1.93. The minimum atomic E-state index is -0.193. The number of anilines is 1. The van der Waals surface area contributed by atoms with Crippen LogP contribution in [0.1, 0.15) is 53.8 Å². The van der Waals surface area contributed by atoms with Gasteiger partial charge in [-0.05, 0) is 12.8 Å². The molecule has 7 nitrogen and oxygen atoms in total. The first-order valence-corrected chi connectivity index (χ1v) is 7.36. The van der Waals surface area contributed by atoms with E-state index in [1.807, 2.05) is 6.07 Å². The van der Waals surface area contributed by atoms with E-state index in [1.54, 1.807) is 0 Å². The maximum atomic E-state index is 12.6. The number of nitrogens with one attached hydrogen (secondary N) is 1. The van der Waals surface area contributed by atoms with Crippen molar-refractivity contribution in [3.8, 4) is 6.07 Å². The maximum Gasteiger partial charge on any atom is 0.252 e. The average molecular weight is 298 g/mol. The van der Waals surface area contributed by atoms with E-state index in [4.69, 9.17) is 11.0 Å². The summed E-state index contributed by atoms with van der Waals surface area (Å²) in [7, 11) is 0. The fourth-order valence-corrected chi connectivity index (χ4v) is 2.78. The number of fused-ring (bicyclic) bond motifs is 1. The Labute approximate surface area is 128 Å². The van der Waals surface area contributed by atoms with Crippen LogP contribution >= 0.6 is 0 Å². The Morgan fingerprint density at radius 3 is 3.00 bits per heavy atom. The molecule has 0 unspecified atom stereocenters. The van der Waals surface area contributed by atoms with Gasteiger partial charge in [0.25, 0.3) is 5.91 Å². The van der Waals surface area contributed by atoms with E-state index in [2.05, 4.69) is 28.9 Å². The SMILES string of the molecule is CC(C)c1nc2c([nH]1)C[C@H](C(=O)n1ncc(C#N)c1N)CC2. The quantitative estimate of drug-likeness (QED) is 0.874. The van der Waals surface area contributed by atoms with Crippen molar-refractivity contribution >= 4 is 11.7 Å². The van der Waals surface area contributed by atoms with Crippen molar-refractivity contribution < 1.29 is 4.79 Å². The number of aromatic nitrogens is 4. The molecule has 0 spiro atoms. The molecule has 1 aliphatic carbocycles. The van der Waals surface area contributed by atoms with Gasteiger partial charge in [-0.15, -0.1) is 0 Å². The van der Waals surface area contributed by atoms with E-state index in [0.717, 1.165) is 34.7 Å². The summed E-state index contributed by atoms with van der Waals surface area (Å²) < 4.78 is 1.15. The van der Waals surface area contributed by atoms with Gasteiger partial charge in [0.2, 0.25) is 0 Å². The van der Waals surface area contributed by atoms with Crippen molar-refractivity contribution in [2.24, 2.45) is 5.92 Å². The summed E-state index contributed by atoms with van der Waals surface area (Å²) in [5.74, 6) is 1.06. The first-order chi connectivity index (χ1) is 10.5. The minimum Gasteiger partial charge on any atom is -0.382 e. The topological polar surface area (TPSA) is 113 Å². The van der Waals surface area contributed by atoms with E-state index >= 15 is 0 Å². The molecule has 0 fully saturated rings. The van der Waals surface area contributed by atoms with Crippen LogP contribution in [-0.2, 0) is 12.8 Å². The van der Waals surface area contributed by atoms with E-state index < -0.39 is 0 Å². The lowest BCUT2D eigenvalue weighted by molar-refractivity contribution is 0.0807. The van der Waals surface area contributed by atoms with Gasteiger partial charge in [-0.1, -0.05) is 13.8 Å². The summed E-state index contributed by atoms with van der Waals surface area (Å²) >= 11 is 0. The van der Waals surface area contributed by atoms with Gasteiger partial charge < -0.3 is 10.7 Å². The second-order valence-corrected chi connectivity index (χ2v) is 5.95. The number of rotatable bonds is 2. The molecule has 0 aromatic carbocycles. The minimum absolute atomic E-state index is 0.116. The van der Waals surface area contributed by atoms with Crippen LogP contribution in [0.25, 0.3) is 0 Å². The molecule has 0 aliphatic heterocycles. The van der Waals surface area contributed by atoms with Crippen LogP contribution in [0.5, 0.6) is 0 Å². The fraction of sp³-hybridized carbons (Fsp3) is 0.467. The maximum absolute atomic E-state index is 12.6. The zero-order valence-corrected chi connectivity index (χ0v) is 12.6. The van der Waals surface area contributed by atoms with Crippen molar-refractivity contribution in [3.05, 3.63) is 29.0 Å². The monoisotopic (exact) mass is 298 g/mol. The van der Waals surface area contributed by atoms with Gasteiger partial charge in [0.1, 0.15) is 23.3 Å². The third-order valence-corrected chi connectivity index (χ3v) is 4.09. The molecule has 22 heavy (non-hydrogen) atoms. The predicted molar refractivity (Wildman–Crippen MR) is 80.2 cm³/mol. The fourth-order valence-electron chi connectivity index (χ4n) is 2.78. The average Bonchev–Trinajstić information content (AvgIpc) is 3.09. The molecule has 114 valence electrons. The number of H-pyrrole nitrogens is 1. The number of imidazole rings is 1. The number of nitrogens with two attached hydrogens (primary N) is 1. The van der Waals surface area contributed by atoms with Crippen LogP contribution in [0, 0.1) is 17.2 Å². The van der Waals surface area contributed by atoms with Gasteiger partial charge >= 0.3 is 0 Å². The first kappa shape index (κ1) is 14.3. The van der Waals surface area contributed by atoms with Gasteiger partial charge in [0.15, 0.2) is 0 Å². The Hall–Kier alpha value is -2.62. The summed E-state index contributed by atoms with van der Waals surface area (Å²) in [5, 5.41) is 12.8. The number of carbonyl (C=O) groups is 1. The molecule has 2 aromatic rings. The smallest absolute Gasteiger partial charge is 0.252 e. The van der Waals surface area contributed by atoms with Gasteiger partial charge in [0, 0.05) is 24.0 Å². The summed E-state index contributed by atoms with van der Waals surface area (Å²) in [4.78, 5) is 20.5. The van der Waals surface area contributed by atoms with Crippen LogP contribution < -0.4 is 5.73 Å². The molecule has 0 bridgehead atoms. The van der Waals surface area contributed by atoms with Gasteiger partial charge in [0.05, 0.1) is 11.9 Å². The number of aryl methyl sites for hydroxylation is 1. The van der Waals surface area contributed by atoms with Crippen molar-refractivity contribution in [2.75, 3.05) is 5.73 Å². The summed E-state index contributed by atoms with van der Waals surface area (Å²) in [6.45, 7) is 4.17. The lowest BCUT2D eigenvalue weighted by atomic mass is 9.89. The zero-order valence-electron chi connectivity index (χ0n) is 12.6. The van der Waals surface area contributed by atoms with Crippen LogP contribution in [0.3, 0.4) is 0 Å². The number of nitriles is 1. The molecular formula is C15H18N6O. The van der Waals surface area contributed by atoms with Crippen molar-refractivity contribution in [1.82, 2.24) is 19.7 Å². The third kappa shape index (κ3) is 2.26. The molecule has 0 saturated carbocycles. The summed E-state index contributed by atoms with van der Waals surface area (Å²) in [6.07, 6.45) is 3.42. The van der Waals surface area contributed by atoms with E-state index in [1.165, 1.54) is 6.20 Å². The number of hydrogen-bond donors (Lipinski definition) is 2. The molecule has 0 saturated heterocycles. The van der Waals surface area contributed by atoms with Gasteiger partial charge in [-0.25, -0.2) is 4.98 Å². The third-order valence-electron chi connectivity index (χ3n) is 4.09. The lowest BCUT2D eigenvalue weighted by Crippen LogP contribution is -2.29. The highest BCUT2D eigenvalue weighted by Gasteiger charge is 2.30. The highest BCUT2D eigenvalue weighted by atomic mass is 16.2. The van der Waals surface area contributed by atoms with Crippen molar-refractivity contribution in [3.63, 3.8) is 0 Å². The Kier molecular flexibility index (Phi) is 3.45. The Bertz CT molecular complexity index is 764. The zero-order chi connectivity index (χ0) is 15.9. The summed E-state index contributed by atoms with van der Waals surface area (Å²) in [5.41, 5.74) is 8.11. The number of nitrogens with zero attached hydrogens (tertiary/aromatic N) is 4. The van der Waals surface area contributed by atoms with Crippen LogP contribution in [0.4, 0.5) is 5.82 Å². The van der Waals surface area contributed by atoms with E-state index in [0.29, 0.717) is 12.3 Å². The molecule has 7 heteroatoms. The molecule has 1 atom stereocenters. The van der Waals surface area contributed by atoms with E-state index in [9.17, 15) is 4.79 Å². The number of nitrogen functional groups attached to an aromatic ring is 1.